The highest BCUT2D eigenvalue weighted by Gasteiger charge is 2.05. The van der Waals surface area contributed by atoms with E-state index in [4.69, 9.17) is 0 Å². The third kappa shape index (κ3) is 2.05. The van der Waals surface area contributed by atoms with Gasteiger partial charge in [-0.2, -0.15) is 0 Å². The smallest absolute Gasteiger partial charge is 0.0208 e. The average molecular weight is 149 g/mol. The summed E-state index contributed by atoms with van der Waals surface area (Å²) in [5.74, 6) is 0. The molecule has 0 aliphatic carbocycles. The van der Waals surface area contributed by atoms with Crippen LogP contribution in [0.3, 0.4) is 0 Å². The minimum atomic E-state index is 0.992. The lowest BCUT2D eigenvalue weighted by Gasteiger charge is -2.16. The summed E-state index contributed by atoms with van der Waals surface area (Å²) in [6.07, 6.45) is 7.31. The second kappa shape index (κ2) is 4.14. The van der Waals surface area contributed by atoms with Gasteiger partial charge in [-0.1, -0.05) is 24.8 Å². The fourth-order valence-electron chi connectivity index (χ4n) is 1.32. The van der Waals surface area contributed by atoms with Crippen molar-refractivity contribution in [1.29, 1.82) is 0 Å². The Morgan fingerprint density at radius 2 is 2.27 bits per heavy atom. The molecule has 0 saturated heterocycles. The van der Waals surface area contributed by atoms with Gasteiger partial charge >= 0.3 is 0 Å². The quantitative estimate of drug-likeness (QED) is 0.633. The van der Waals surface area contributed by atoms with Crippen molar-refractivity contribution >= 4 is 0 Å². The maximum Gasteiger partial charge on any atom is 0.0208 e. The van der Waals surface area contributed by atoms with E-state index in [2.05, 4.69) is 24.0 Å². The van der Waals surface area contributed by atoms with Crippen LogP contribution in [0.2, 0.25) is 0 Å². The molecule has 1 N–H and O–H groups in total. The molecule has 0 atom stereocenters. The van der Waals surface area contributed by atoms with Gasteiger partial charge < -0.3 is 5.32 Å². The van der Waals surface area contributed by atoms with Crippen LogP contribution in [-0.4, -0.2) is 13.1 Å². The Labute approximate surface area is 68.5 Å². The van der Waals surface area contributed by atoms with E-state index in [1.807, 2.05) is 13.0 Å². The molecule has 0 bridgehead atoms. The minimum Gasteiger partial charge on any atom is -0.312 e. The summed E-state index contributed by atoms with van der Waals surface area (Å²) in [4.78, 5) is 0. The molecule has 1 nitrogen and oxygen atoms in total. The molecule has 0 aromatic heterocycles. The first kappa shape index (κ1) is 8.28. The van der Waals surface area contributed by atoms with Gasteiger partial charge in [0, 0.05) is 6.54 Å². The molecular weight excluding hydrogens is 134 g/mol. The van der Waals surface area contributed by atoms with Crippen LogP contribution < -0.4 is 5.32 Å². The van der Waals surface area contributed by atoms with E-state index in [0.717, 1.165) is 19.5 Å². The van der Waals surface area contributed by atoms with Gasteiger partial charge in [0.05, 0.1) is 0 Å². The predicted octanol–water partition coefficient (Wildman–Crippen LogP) is 2.04. The van der Waals surface area contributed by atoms with Gasteiger partial charge in [-0.15, -0.1) is 0 Å². The maximum absolute atomic E-state index is 3.80. The first-order valence-corrected chi connectivity index (χ1v) is 4.06. The standard InChI is InChI=1S/C10H15N/c1-3-5-10-8-11-7-6-9(10)4-2/h3-5,11H,2,6-8H2,1H3/b5-3-. The van der Waals surface area contributed by atoms with Crippen LogP contribution in [0.15, 0.2) is 36.0 Å². The second-order valence-corrected chi connectivity index (χ2v) is 2.68. The molecule has 0 radical (unpaired) electrons. The topological polar surface area (TPSA) is 12.0 Å². The maximum atomic E-state index is 3.80. The van der Waals surface area contributed by atoms with Crippen molar-refractivity contribution in [3.8, 4) is 0 Å². The summed E-state index contributed by atoms with van der Waals surface area (Å²) in [5, 5.41) is 3.33. The fraction of sp³-hybridized carbons (Fsp3) is 0.400. The predicted molar refractivity (Wildman–Crippen MR) is 49.5 cm³/mol. The van der Waals surface area contributed by atoms with E-state index in [-0.39, 0.29) is 0 Å². The second-order valence-electron chi connectivity index (χ2n) is 2.68. The van der Waals surface area contributed by atoms with Crippen molar-refractivity contribution in [2.24, 2.45) is 0 Å². The molecule has 11 heavy (non-hydrogen) atoms. The van der Waals surface area contributed by atoms with Gasteiger partial charge in [-0.3, -0.25) is 0 Å². The third-order valence-corrected chi connectivity index (χ3v) is 1.91. The molecule has 1 aliphatic heterocycles. The lowest BCUT2D eigenvalue weighted by atomic mass is 10.0. The number of rotatable bonds is 2. The monoisotopic (exact) mass is 149 g/mol. The van der Waals surface area contributed by atoms with E-state index in [1.165, 1.54) is 11.1 Å². The Bertz CT molecular complexity index is 199. The van der Waals surface area contributed by atoms with Crippen molar-refractivity contribution < 1.29 is 0 Å². The molecule has 0 aromatic rings. The highest BCUT2D eigenvalue weighted by Crippen LogP contribution is 2.14. The first-order valence-electron chi connectivity index (χ1n) is 4.06. The highest BCUT2D eigenvalue weighted by molar-refractivity contribution is 5.34. The molecule has 1 heteroatoms. The summed E-state index contributed by atoms with van der Waals surface area (Å²) >= 11 is 0. The van der Waals surface area contributed by atoms with Crippen LogP contribution >= 0.6 is 0 Å². The van der Waals surface area contributed by atoms with Gasteiger partial charge in [0.25, 0.3) is 0 Å². The molecule has 1 heterocycles. The number of hydrogen-bond donors (Lipinski definition) is 1. The number of hydrogen-bond acceptors (Lipinski definition) is 1. The van der Waals surface area contributed by atoms with Crippen LogP contribution in [-0.2, 0) is 0 Å². The van der Waals surface area contributed by atoms with Crippen molar-refractivity contribution in [2.45, 2.75) is 13.3 Å². The molecule has 0 spiro atoms. The average Bonchev–Trinajstić information content (AvgIpc) is 2.06. The molecule has 0 fully saturated rings. The van der Waals surface area contributed by atoms with Crippen LogP contribution in [0, 0.1) is 0 Å². The highest BCUT2D eigenvalue weighted by atomic mass is 14.9. The molecule has 0 amide bonds. The molecule has 1 rings (SSSR count). The largest absolute Gasteiger partial charge is 0.312 e. The Morgan fingerprint density at radius 3 is 2.91 bits per heavy atom. The molecule has 0 saturated carbocycles. The molecule has 1 aliphatic rings. The molecule has 0 unspecified atom stereocenters. The van der Waals surface area contributed by atoms with Crippen LogP contribution in [0.1, 0.15) is 13.3 Å². The van der Waals surface area contributed by atoms with Crippen molar-refractivity contribution in [2.75, 3.05) is 13.1 Å². The van der Waals surface area contributed by atoms with Crippen LogP contribution in [0.4, 0.5) is 0 Å². The van der Waals surface area contributed by atoms with Crippen molar-refractivity contribution in [3.05, 3.63) is 36.0 Å². The lowest BCUT2D eigenvalue weighted by Crippen LogP contribution is -2.23. The Hall–Kier alpha value is -0.820. The van der Waals surface area contributed by atoms with E-state index in [0.29, 0.717) is 0 Å². The zero-order chi connectivity index (χ0) is 8.10. The van der Waals surface area contributed by atoms with Gasteiger partial charge in [-0.05, 0) is 31.0 Å². The zero-order valence-corrected chi connectivity index (χ0v) is 7.06. The summed E-state index contributed by atoms with van der Waals surface area (Å²) < 4.78 is 0. The Morgan fingerprint density at radius 1 is 1.45 bits per heavy atom. The minimum absolute atomic E-state index is 0.992. The Balaban J connectivity index is 2.81. The fourth-order valence-corrected chi connectivity index (χ4v) is 1.32. The third-order valence-electron chi connectivity index (χ3n) is 1.91. The Kier molecular flexibility index (Phi) is 3.12. The number of allylic oxidation sites excluding steroid dienone is 2. The van der Waals surface area contributed by atoms with E-state index in [1.54, 1.807) is 0 Å². The van der Waals surface area contributed by atoms with Crippen LogP contribution in [0.25, 0.3) is 0 Å². The van der Waals surface area contributed by atoms with Crippen molar-refractivity contribution in [1.82, 2.24) is 5.32 Å². The molecular formula is C10H15N. The van der Waals surface area contributed by atoms with Crippen molar-refractivity contribution in [3.63, 3.8) is 0 Å². The zero-order valence-electron chi connectivity index (χ0n) is 7.06. The van der Waals surface area contributed by atoms with E-state index >= 15 is 0 Å². The summed E-state index contributed by atoms with van der Waals surface area (Å²) in [6, 6.07) is 0. The summed E-state index contributed by atoms with van der Waals surface area (Å²) in [6.45, 7) is 7.92. The van der Waals surface area contributed by atoms with Gasteiger partial charge in [0.15, 0.2) is 0 Å². The summed E-state index contributed by atoms with van der Waals surface area (Å²) in [7, 11) is 0. The SMILES string of the molecule is C=CC1=C(/C=C\C)CNCC1. The van der Waals surface area contributed by atoms with Gasteiger partial charge in [0.2, 0.25) is 0 Å². The van der Waals surface area contributed by atoms with E-state index < -0.39 is 0 Å². The normalized spacial score (nSPS) is 19.4. The van der Waals surface area contributed by atoms with Crippen LogP contribution in [0.5, 0.6) is 0 Å². The summed E-state index contributed by atoms with van der Waals surface area (Å²) in [5.41, 5.74) is 2.77. The first-order chi connectivity index (χ1) is 5.38. The van der Waals surface area contributed by atoms with E-state index in [9.17, 15) is 0 Å². The molecule has 60 valence electrons. The molecule has 0 aromatic carbocycles. The van der Waals surface area contributed by atoms with Gasteiger partial charge in [-0.25, -0.2) is 0 Å². The van der Waals surface area contributed by atoms with Gasteiger partial charge in [0.1, 0.15) is 0 Å². The number of nitrogens with one attached hydrogen (secondary N) is 1. The lowest BCUT2D eigenvalue weighted by molar-refractivity contribution is 0.696.